The van der Waals surface area contributed by atoms with Gasteiger partial charge in [-0.1, -0.05) is 30.3 Å². The zero-order valence-electron chi connectivity index (χ0n) is 15.0. The van der Waals surface area contributed by atoms with E-state index in [1.807, 2.05) is 51.1 Å². The highest BCUT2D eigenvalue weighted by Gasteiger charge is 2.51. The molecule has 1 aromatic rings. The molecule has 6 nitrogen and oxygen atoms in total. The molecular formula is C19H26N2O4. The molecule has 0 aromatic heterocycles. The smallest absolute Gasteiger partial charge is 0.410 e. The molecule has 0 saturated carbocycles. The number of nitrogens with one attached hydrogen (secondary N) is 1. The summed E-state index contributed by atoms with van der Waals surface area (Å²) in [5, 5.41) is 2.77. The van der Waals surface area contributed by atoms with E-state index in [1.165, 1.54) is 0 Å². The Kier molecular flexibility index (Phi) is 4.88. The van der Waals surface area contributed by atoms with Crippen LogP contribution in [0.25, 0.3) is 0 Å². The van der Waals surface area contributed by atoms with E-state index in [-0.39, 0.29) is 24.3 Å². The number of nitrogens with zero attached hydrogens (tertiary/aromatic N) is 1. The topological polar surface area (TPSA) is 67.9 Å². The number of hydrogen-bond donors (Lipinski definition) is 1. The summed E-state index contributed by atoms with van der Waals surface area (Å²) in [6, 6.07) is 9.70. The number of alkyl carbamates (subject to hydrolysis) is 1. The van der Waals surface area contributed by atoms with Crippen LogP contribution < -0.4 is 5.32 Å². The number of rotatable bonds is 3. The summed E-state index contributed by atoms with van der Waals surface area (Å²) < 4.78 is 11.1. The van der Waals surface area contributed by atoms with Crippen LogP contribution in [0.1, 0.15) is 45.6 Å². The third kappa shape index (κ3) is 4.24. The number of benzene rings is 1. The molecule has 6 heteroatoms. The summed E-state index contributed by atoms with van der Waals surface area (Å²) >= 11 is 0. The first-order valence-electron chi connectivity index (χ1n) is 8.83. The molecule has 1 aromatic carbocycles. The van der Waals surface area contributed by atoms with Gasteiger partial charge in [-0.25, -0.2) is 9.59 Å². The molecule has 0 spiro atoms. The number of carbonyl (C=O) groups excluding carboxylic acids is 2. The van der Waals surface area contributed by atoms with Gasteiger partial charge in [-0.05, 0) is 39.2 Å². The second-order valence-corrected chi connectivity index (χ2v) is 7.70. The van der Waals surface area contributed by atoms with Crippen molar-refractivity contribution in [3.8, 4) is 0 Å². The molecule has 0 radical (unpaired) electrons. The largest absolute Gasteiger partial charge is 0.444 e. The van der Waals surface area contributed by atoms with Crippen molar-refractivity contribution < 1.29 is 19.1 Å². The fraction of sp³-hybridized carbons (Fsp3) is 0.579. The Balaban J connectivity index is 1.52. The first-order chi connectivity index (χ1) is 11.8. The molecule has 3 atom stereocenters. The zero-order valence-corrected chi connectivity index (χ0v) is 15.0. The number of amides is 2. The fourth-order valence-corrected chi connectivity index (χ4v) is 3.61. The molecule has 2 amide bonds. The minimum Gasteiger partial charge on any atom is -0.444 e. The van der Waals surface area contributed by atoms with E-state index in [2.05, 4.69) is 5.32 Å². The van der Waals surface area contributed by atoms with Crippen LogP contribution in [0, 0.1) is 0 Å². The molecule has 136 valence electrons. The van der Waals surface area contributed by atoms with Crippen LogP contribution in [0.3, 0.4) is 0 Å². The Hall–Kier alpha value is -2.24. The van der Waals surface area contributed by atoms with Crippen molar-refractivity contribution in [1.29, 1.82) is 0 Å². The van der Waals surface area contributed by atoms with Gasteiger partial charge in [-0.15, -0.1) is 0 Å². The SMILES string of the molecule is CC(C)(C)OC(=O)N1C2CCC1C(OC(=O)NCc1ccccc1)C2. The second-order valence-electron chi connectivity index (χ2n) is 7.70. The molecule has 0 aliphatic carbocycles. The van der Waals surface area contributed by atoms with Crippen molar-refractivity contribution in [3.05, 3.63) is 35.9 Å². The highest BCUT2D eigenvalue weighted by atomic mass is 16.6. The standard InChI is InChI=1S/C19H26N2O4/c1-19(2,3)25-18(23)21-14-9-10-15(21)16(11-14)24-17(22)20-12-13-7-5-4-6-8-13/h4-8,14-16H,9-12H2,1-3H3,(H,20,22). The van der Waals surface area contributed by atoms with Crippen molar-refractivity contribution in [2.75, 3.05) is 0 Å². The van der Waals surface area contributed by atoms with Crippen LogP contribution in [-0.4, -0.2) is 40.9 Å². The van der Waals surface area contributed by atoms with Gasteiger partial charge < -0.3 is 14.8 Å². The third-order valence-corrected chi connectivity index (χ3v) is 4.62. The average molecular weight is 346 g/mol. The fourth-order valence-electron chi connectivity index (χ4n) is 3.61. The number of fused-ring (bicyclic) bond motifs is 2. The molecule has 2 saturated heterocycles. The maximum Gasteiger partial charge on any atom is 0.410 e. The lowest BCUT2D eigenvalue weighted by Crippen LogP contribution is -2.42. The van der Waals surface area contributed by atoms with Gasteiger partial charge in [-0.3, -0.25) is 4.90 Å². The predicted octanol–water partition coefficient (Wildman–Crippen LogP) is 3.45. The van der Waals surface area contributed by atoms with E-state index in [0.29, 0.717) is 13.0 Å². The highest BCUT2D eigenvalue weighted by molar-refractivity contribution is 5.71. The van der Waals surface area contributed by atoms with Crippen LogP contribution in [0.5, 0.6) is 0 Å². The lowest BCUT2D eigenvalue weighted by Gasteiger charge is -2.28. The van der Waals surface area contributed by atoms with Gasteiger partial charge in [0.25, 0.3) is 0 Å². The maximum atomic E-state index is 12.4. The summed E-state index contributed by atoms with van der Waals surface area (Å²) in [7, 11) is 0. The molecule has 25 heavy (non-hydrogen) atoms. The summed E-state index contributed by atoms with van der Waals surface area (Å²) in [6.07, 6.45) is 1.46. The molecule has 1 N–H and O–H groups in total. The van der Waals surface area contributed by atoms with Gasteiger partial charge in [-0.2, -0.15) is 0 Å². The Bertz CT molecular complexity index is 626. The molecule has 2 bridgehead atoms. The van der Waals surface area contributed by atoms with Gasteiger partial charge in [0.15, 0.2) is 0 Å². The lowest BCUT2D eigenvalue weighted by molar-refractivity contribution is 0.0149. The Labute approximate surface area is 148 Å². The van der Waals surface area contributed by atoms with Crippen LogP contribution in [0.2, 0.25) is 0 Å². The molecule has 2 fully saturated rings. The van der Waals surface area contributed by atoms with Crippen molar-refractivity contribution in [1.82, 2.24) is 10.2 Å². The van der Waals surface area contributed by atoms with E-state index in [9.17, 15) is 9.59 Å². The molecular weight excluding hydrogens is 320 g/mol. The van der Waals surface area contributed by atoms with Crippen LogP contribution in [-0.2, 0) is 16.0 Å². The van der Waals surface area contributed by atoms with Crippen LogP contribution >= 0.6 is 0 Å². The normalized spacial score (nSPS) is 24.9. The molecule has 3 rings (SSSR count). The van der Waals surface area contributed by atoms with Gasteiger partial charge in [0, 0.05) is 19.0 Å². The zero-order chi connectivity index (χ0) is 18.0. The lowest BCUT2D eigenvalue weighted by atomic mass is 9.98. The summed E-state index contributed by atoms with van der Waals surface area (Å²) in [5.41, 5.74) is 0.491. The predicted molar refractivity (Wildman–Crippen MR) is 93.1 cm³/mol. The van der Waals surface area contributed by atoms with Crippen LogP contribution in [0.4, 0.5) is 9.59 Å². The summed E-state index contributed by atoms with van der Waals surface area (Å²) in [5.74, 6) is 0. The molecule has 2 heterocycles. The van der Waals surface area contributed by atoms with Crippen molar-refractivity contribution >= 4 is 12.2 Å². The average Bonchev–Trinajstić information content (AvgIpc) is 3.10. The highest BCUT2D eigenvalue weighted by Crippen LogP contribution is 2.40. The first-order valence-corrected chi connectivity index (χ1v) is 8.83. The quantitative estimate of drug-likeness (QED) is 0.910. The number of hydrogen-bond acceptors (Lipinski definition) is 4. The monoisotopic (exact) mass is 346 g/mol. The number of carbonyl (C=O) groups is 2. The minimum atomic E-state index is -0.525. The Morgan fingerprint density at radius 3 is 2.60 bits per heavy atom. The van der Waals surface area contributed by atoms with E-state index in [0.717, 1.165) is 18.4 Å². The Morgan fingerprint density at radius 2 is 1.92 bits per heavy atom. The third-order valence-electron chi connectivity index (χ3n) is 4.62. The van der Waals surface area contributed by atoms with E-state index in [4.69, 9.17) is 9.47 Å². The Morgan fingerprint density at radius 1 is 1.20 bits per heavy atom. The first kappa shape index (κ1) is 17.6. The van der Waals surface area contributed by atoms with Crippen molar-refractivity contribution in [2.45, 2.75) is 70.4 Å². The van der Waals surface area contributed by atoms with Crippen molar-refractivity contribution in [3.63, 3.8) is 0 Å². The maximum absolute atomic E-state index is 12.4. The van der Waals surface area contributed by atoms with Gasteiger partial charge >= 0.3 is 12.2 Å². The van der Waals surface area contributed by atoms with E-state index in [1.54, 1.807) is 4.90 Å². The van der Waals surface area contributed by atoms with Crippen molar-refractivity contribution in [2.24, 2.45) is 0 Å². The second kappa shape index (κ2) is 6.94. The molecule has 2 aliphatic heterocycles. The summed E-state index contributed by atoms with van der Waals surface area (Å²) in [4.78, 5) is 26.3. The molecule has 3 unspecified atom stereocenters. The minimum absolute atomic E-state index is 0.0812. The van der Waals surface area contributed by atoms with Gasteiger partial charge in [0.2, 0.25) is 0 Å². The van der Waals surface area contributed by atoms with Crippen LogP contribution in [0.15, 0.2) is 30.3 Å². The van der Waals surface area contributed by atoms with E-state index >= 15 is 0 Å². The van der Waals surface area contributed by atoms with Gasteiger partial charge in [0.1, 0.15) is 11.7 Å². The van der Waals surface area contributed by atoms with E-state index < -0.39 is 11.7 Å². The number of ether oxygens (including phenoxy) is 2. The summed E-state index contributed by atoms with van der Waals surface area (Å²) in [6.45, 7) is 5.99. The molecule has 2 aliphatic rings. The van der Waals surface area contributed by atoms with Gasteiger partial charge in [0.05, 0.1) is 6.04 Å².